The Kier molecular flexibility index (Phi) is 39.8. The van der Waals surface area contributed by atoms with Crippen molar-refractivity contribution in [3.63, 3.8) is 0 Å². The van der Waals surface area contributed by atoms with E-state index < -0.39 is 5.78 Å². The Labute approximate surface area is 82.9 Å². The number of carbonyl (C=O) groups excluding carboxylic acids is 3. The van der Waals surface area contributed by atoms with E-state index in [0.29, 0.717) is 0 Å². The maximum Gasteiger partial charge on any atom is 0.257 e. The van der Waals surface area contributed by atoms with Crippen molar-refractivity contribution in [2.75, 3.05) is 0 Å². The van der Waals surface area contributed by atoms with Gasteiger partial charge in [-0.1, -0.05) is 0 Å². The van der Waals surface area contributed by atoms with Gasteiger partial charge in [-0.3, -0.25) is 14.4 Å². The van der Waals surface area contributed by atoms with Crippen LogP contribution in [0, 0.1) is 0 Å². The van der Waals surface area contributed by atoms with E-state index in [9.17, 15) is 4.79 Å². The van der Waals surface area contributed by atoms with Gasteiger partial charge in [-0.2, -0.15) is 0 Å². The van der Waals surface area contributed by atoms with Gasteiger partial charge < -0.3 is 0 Å². The molecule has 0 unspecified atom stereocenters. The van der Waals surface area contributed by atoms with Crippen LogP contribution >= 0.6 is 0 Å². The molecule has 3 radical (unpaired) electrons. The van der Waals surface area contributed by atoms with Gasteiger partial charge in [-0.15, -0.1) is 0 Å². The number of hydrogen-bond donors (Lipinski definition) is 0. The molecule has 0 saturated carbocycles. The van der Waals surface area contributed by atoms with Crippen molar-refractivity contribution in [1.29, 1.82) is 0 Å². The van der Waals surface area contributed by atoms with Crippen LogP contribution in [0.15, 0.2) is 0 Å². The molecule has 0 rings (SSSR count). The fraction of sp³-hybridized carbons (Fsp3) is 0. The van der Waals surface area contributed by atoms with Crippen molar-refractivity contribution in [3.05, 3.63) is 0 Å². The van der Waals surface area contributed by atoms with Gasteiger partial charge in [0.15, 0.2) is 12.6 Å². The summed E-state index contributed by atoms with van der Waals surface area (Å²) in [5.41, 5.74) is 0. The van der Waals surface area contributed by atoms with E-state index in [1.807, 2.05) is 0 Å². The largest absolute Gasteiger partial charge is 0.294 e. The average molecular weight is 263 g/mol. The van der Waals surface area contributed by atoms with Crippen molar-refractivity contribution >= 4 is 18.4 Å². The summed E-state index contributed by atoms with van der Waals surface area (Å²) in [6.07, 6.45) is -0.0694. The zero-order chi connectivity index (χ0) is 4.99. The predicted molar refractivity (Wildman–Crippen MR) is 17.1 cm³/mol. The molecule has 0 aliphatic heterocycles. The van der Waals surface area contributed by atoms with Crippen LogP contribution in [-0.2, 0) is 64.7 Å². The Hall–Kier alpha value is 0.529. The van der Waals surface area contributed by atoms with E-state index >= 15 is 0 Å². The van der Waals surface area contributed by atoms with Crippen molar-refractivity contribution in [2.24, 2.45) is 0 Å². The zero-order valence-electron chi connectivity index (χ0n) is 3.88. The van der Waals surface area contributed by atoms with Crippen LogP contribution in [-0.4, -0.2) is 18.4 Å². The van der Waals surface area contributed by atoms with Crippen LogP contribution in [0.3, 0.4) is 0 Å². The molecule has 9 heavy (non-hydrogen) atoms. The molecule has 0 fully saturated rings. The average Bonchev–Trinajstić information content (AvgIpc) is 1.65. The quantitative estimate of drug-likeness (QED) is 0.362. The third kappa shape index (κ3) is 17.7. The first kappa shape index (κ1) is 22.7. The van der Waals surface area contributed by atoms with Crippen LogP contribution in [0.1, 0.15) is 0 Å². The molecule has 0 aliphatic carbocycles. The molecule has 0 amide bonds. The molecule has 0 aliphatic rings. The maximum atomic E-state index is 9.44. The molecule has 0 saturated heterocycles. The summed E-state index contributed by atoms with van der Waals surface area (Å²) < 4.78 is 0. The Morgan fingerprint density at radius 3 is 1.11 bits per heavy atom. The number of Topliss-reactive ketones (excluding diaryl/α,β-unsaturated/α-hetero) is 1. The maximum absolute atomic E-state index is 9.44. The van der Waals surface area contributed by atoms with Gasteiger partial charge >= 0.3 is 0 Å². The normalized spacial score (nSPS) is 4.44. The third-order valence-corrected chi connectivity index (χ3v) is 0.232. The summed E-state index contributed by atoms with van der Waals surface area (Å²) in [6.45, 7) is 0. The van der Waals surface area contributed by atoms with E-state index in [-0.39, 0.29) is 62.9 Å². The number of ketones is 1. The fourth-order valence-electron chi connectivity index (χ4n) is 0.0278. The number of carbonyl (C=O) groups is 3. The van der Waals surface area contributed by atoms with Gasteiger partial charge in [0, 0.05) is 50.3 Å². The molecule has 0 atom stereocenters. The molecular weight excluding hydrogens is 261 g/mol. The summed E-state index contributed by atoms with van der Waals surface area (Å²) in [5, 5.41) is 0. The van der Waals surface area contributed by atoms with Crippen molar-refractivity contribution in [3.8, 4) is 0 Å². The first-order chi connectivity index (χ1) is 2.81. The molecule has 0 aromatic heterocycles. The Morgan fingerprint density at radius 2 is 1.11 bits per heavy atom. The summed E-state index contributed by atoms with van der Waals surface area (Å²) in [4.78, 5) is 27.8. The molecule has 0 spiro atoms. The van der Waals surface area contributed by atoms with Crippen LogP contribution in [0.5, 0.6) is 0 Å². The van der Waals surface area contributed by atoms with E-state index in [1.165, 1.54) is 0 Å². The molecule has 6 heteroatoms. The van der Waals surface area contributed by atoms with Crippen molar-refractivity contribution in [2.45, 2.75) is 0 Å². The minimum atomic E-state index is -1.02. The first-order valence-electron chi connectivity index (χ1n) is 1.25. The monoisotopic (exact) mass is 263 g/mol. The van der Waals surface area contributed by atoms with Crippen molar-refractivity contribution < 1.29 is 64.7 Å². The van der Waals surface area contributed by atoms with Gasteiger partial charge in [0.25, 0.3) is 5.78 Å². The van der Waals surface area contributed by atoms with E-state index in [2.05, 4.69) is 0 Å². The number of aldehydes is 2. The van der Waals surface area contributed by atoms with Crippen LogP contribution in [0.25, 0.3) is 0 Å². The molecule has 0 N–H and O–H groups in total. The van der Waals surface area contributed by atoms with Gasteiger partial charge in [0.1, 0.15) is 0 Å². The van der Waals surface area contributed by atoms with Gasteiger partial charge in [-0.25, -0.2) is 0 Å². The number of rotatable bonds is 2. The standard InChI is InChI=1S/C3H2O3.3Co/c4-1-3(6)2-5;;;/h1-2H;;;. The summed E-state index contributed by atoms with van der Waals surface area (Å²) in [7, 11) is 0. The minimum Gasteiger partial charge on any atom is -0.294 e. The molecule has 0 heterocycles. The Morgan fingerprint density at radius 1 is 0.889 bits per heavy atom. The molecule has 0 aromatic rings. The summed E-state index contributed by atoms with van der Waals surface area (Å²) >= 11 is 0. The van der Waals surface area contributed by atoms with Crippen molar-refractivity contribution in [1.82, 2.24) is 0 Å². The molecule has 59 valence electrons. The van der Waals surface area contributed by atoms with E-state index in [1.54, 1.807) is 0 Å². The van der Waals surface area contributed by atoms with Gasteiger partial charge in [-0.05, 0) is 0 Å². The van der Waals surface area contributed by atoms with Crippen LogP contribution in [0.2, 0.25) is 0 Å². The SMILES string of the molecule is O=CC(=O)C=O.[Co].[Co].[Co]. The molecule has 0 bridgehead atoms. The van der Waals surface area contributed by atoms with Gasteiger partial charge in [0.05, 0.1) is 0 Å². The Balaban J connectivity index is -0.0000000417. The molecule has 0 aromatic carbocycles. The second kappa shape index (κ2) is 15.8. The second-order valence-corrected chi connectivity index (χ2v) is 0.638. The summed E-state index contributed by atoms with van der Waals surface area (Å²) in [6, 6.07) is 0. The van der Waals surface area contributed by atoms with E-state index in [0.717, 1.165) is 0 Å². The Bertz CT molecular complexity index is 82.3. The molecule has 3 nitrogen and oxygen atoms in total. The molecular formula is C3H2Co3O3. The second-order valence-electron chi connectivity index (χ2n) is 0.638. The first-order valence-corrected chi connectivity index (χ1v) is 1.25. The summed E-state index contributed by atoms with van der Waals surface area (Å²) in [5.74, 6) is -1.02. The van der Waals surface area contributed by atoms with Crippen LogP contribution in [0.4, 0.5) is 0 Å². The topological polar surface area (TPSA) is 51.2 Å². The minimum absolute atomic E-state index is 0. The predicted octanol–water partition coefficient (Wildman–Crippen LogP) is -1.05. The fourth-order valence-corrected chi connectivity index (χ4v) is 0.0278. The third-order valence-electron chi connectivity index (χ3n) is 0.232. The zero-order valence-corrected chi connectivity index (χ0v) is 7.00. The van der Waals surface area contributed by atoms with Crippen LogP contribution < -0.4 is 0 Å². The van der Waals surface area contributed by atoms with Gasteiger partial charge in [0.2, 0.25) is 0 Å². The number of hydrogen-bond acceptors (Lipinski definition) is 3. The van der Waals surface area contributed by atoms with E-state index in [4.69, 9.17) is 9.59 Å². The smallest absolute Gasteiger partial charge is 0.257 e.